The van der Waals surface area contributed by atoms with Crippen LogP contribution in [0.3, 0.4) is 0 Å². The van der Waals surface area contributed by atoms with Crippen molar-refractivity contribution in [1.82, 2.24) is 5.32 Å². The number of carbonyl (C=O) groups excluding carboxylic acids is 2. The lowest BCUT2D eigenvalue weighted by Crippen LogP contribution is -2.45. The molecule has 0 aliphatic heterocycles. The molecule has 3 N–H and O–H groups in total. The number of esters is 1. The van der Waals surface area contributed by atoms with E-state index in [2.05, 4.69) is 67.8 Å². The number of nitrogens with one attached hydrogen (secondary N) is 1. The zero-order valence-electron chi connectivity index (χ0n) is 60.6. The lowest BCUT2D eigenvalue weighted by molar-refractivity contribution is -0.143. The average molecular weight is 1260 g/mol. The van der Waals surface area contributed by atoms with Gasteiger partial charge in [-0.25, -0.2) is 0 Å². The predicted molar refractivity (Wildman–Crippen MR) is 398 cm³/mol. The summed E-state index contributed by atoms with van der Waals surface area (Å²) in [5.41, 5.74) is 0. The van der Waals surface area contributed by atoms with E-state index < -0.39 is 12.1 Å². The standard InChI is InChI=1S/C84H157NO5/c1-3-5-7-9-11-13-15-17-19-21-44-48-52-56-60-64-68-72-76-82(87)81(80-86)85-83(88)77-73-69-65-61-57-53-49-45-42-40-38-36-34-32-30-28-26-24-23-25-27-29-31-33-35-37-39-41-43-47-51-55-59-63-67-71-75-79-90-84(89)78-74-70-66-62-58-54-50-46-22-20-18-16-14-12-10-8-6-4-2/h14,16,20,22-23,25,29,31,72,76,81-82,86-87H,3-13,15,17-19,21,24,26-28,30,32-71,73-75,77-80H2,1-2H3,(H,85,88)/b16-14-,22-20-,25-23-,31-29-,76-72+. The van der Waals surface area contributed by atoms with Gasteiger partial charge in [0.1, 0.15) is 0 Å². The van der Waals surface area contributed by atoms with Gasteiger partial charge < -0.3 is 20.3 Å². The second kappa shape index (κ2) is 79.0. The van der Waals surface area contributed by atoms with Gasteiger partial charge in [0.2, 0.25) is 5.91 Å². The van der Waals surface area contributed by atoms with Gasteiger partial charge in [-0.15, -0.1) is 0 Å². The molecule has 2 unspecified atom stereocenters. The van der Waals surface area contributed by atoms with Gasteiger partial charge in [0, 0.05) is 12.8 Å². The molecule has 0 radical (unpaired) electrons. The summed E-state index contributed by atoms with van der Waals surface area (Å²) in [4.78, 5) is 24.6. The van der Waals surface area contributed by atoms with Gasteiger partial charge in [-0.1, -0.05) is 389 Å². The van der Waals surface area contributed by atoms with Crippen LogP contribution in [0.1, 0.15) is 438 Å². The Bertz CT molecular complexity index is 1550. The van der Waals surface area contributed by atoms with Crippen molar-refractivity contribution in [2.75, 3.05) is 13.2 Å². The number of rotatable bonds is 76. The first-order valence-electron chi connectivity index (χ1n) is 40.6. The molecule has 6 nitrogen and oxygen atoms in total. The number of ether oxygens (including phenoxy) is 1. The number of hydrogen-bond acceptors (Lipinski definition) is 5. The highest BCUT2D eigenvalue weighted by atomic mass is 16.5. The molecular formula is C84H157NO5. The highest BCUT2D eigenvalue weighted by molar-refractivity contribution is 5.76. The molecule has 0 aromatic carbocycles. The summed E-state index contributed by atoms with van der Waals surface area (Å²) in [6.45, 7) is 4.92. The molecule has 0 spiro atoms. The molecule has 0 aromatic rings. The lowest BCUT2D eigenvalue weighted by atomic mass is 10.0. The number of hydrogen-bond donors (Lipinski definition) is 3. The second-order valence-corrected chi connectivity index (χ2v) is 27.7. The molecule has 0 aliphatic rings. The van der Waals surface area contributed by atoms with Crippen LogP contribution in [0.5, 0.6) is 0 Å². The van der Waals surface area contributed by atoms with Crippen LogP contribution in [0, 0.1) is 0 Å². The van der Waals surface area contributed by atoms with Gasteiger partial charge in [-0.05, 0) is 96.3 Å². The summed E-state index contributed by atoms with van der Waals surface area (Å²) >= 11 is 0. The molecule has 0 saturated heterocycles. The van der Waals surface area contributed by atoms with Crippen molar-refractivity contribution in [3.63, 3.8) is 0 Å². The third kappa shape index (κ3) is 74.6. The van der Waals surface area contributed by atoms with E-state index in [1.54, 1.807) is 6.08 Å². The van der Waals surface area contributed by atoms with Gasteiger partial charge in [0.25, 0.3) is 0 Å². The maximum atomic E-state index is 12.5. The van der Waals surface area contributed by atoms with Gasteiger partial charge in [-0.2, -0.15) is 0 Å². The minimum Gasteiger partial charge on any atom is -0.466 e. The molecule has 90 heavy (non-hydrogen) atoms. The zero-order valence-corrected chi connectivity index (χ0v) is 60.6. The molecule has 0 saturated carbocycles. The quantitative estimate of drug-likeness (QED) is 0.0320. The van der Waals surface area contributed by atoms with E-state index in [0.717, 1.165) is 57.8 Å². The summed E-state index contributed by atoms with van der Waals surface area (Å²) in [7, 11) is 0. The molecule has 0 bridgehead atoms. The Morgan fingerprint density at radius 1 is 0.311 bits per heavy atom. The molecule has 0 rings (SSSR count). The maximum Gasteiger partial charge on any atom is 0.305 e. The van der Waals surface area contributed by atoms with Crippen LogP contribution in [0.4, 0.5) is 0 Å². The Balaban J connectivity index is 3.38. The molecule has 1 amide bonds. The van der Waals surface area contributed by atoms with E-state index in [0.29, 0.717) is 19.4 Å². The van der Waals surface area contributed by atoms with Crippen LogP contribution in [0.2, 0.25) is 0 Å². The highest BCUT2D eigenvalue weighted by Gasteiger charge is 2.18. The second-order valence-electron chi connectivity index (χ2n) is 27.7. The first-order valence-corrected chi connectivity index (χ1v) is 40.6. The molecule has 0 heterocycles. The SMILES string of the molecule is CCCCCC/C=C\C/C=C\CCCCCCCCCC(=O)OCCCCCCCCCCCCCCC/C=C\C/C=C\CCCCCCCCCCCCCCCCCCCC(=O)NC(CO)C(O)/C=C/CCCCCCCCCCCCCCCCCC. The minimum absolute atomic E-state index is 0.0115. The first-order chi connectivity index (χ1) is 44.5. The summed E-state index contributed by atoms with van der Waals surface area (Å²) in [5.74, 6) is -0.0506. The number of allylic oxidation sites excluding steroid dienone is 9. The van der Waals surface area contributed by atoms with Crippen molar-refractivity contribution >= 4 is 11.9 Å². The van der Waals surface area contributed by atoms with Crippen molar-refractivity contribution in [2.24, 2.45) is 0 Å². The number of aliphatic hydroxyl groups excluding tert-OH is 2. The van der Waals surface area contributed by atoms with Crippen LogP contribution in [-0.2, 0) is 14.3 Å². The topological polar surface area (TPSA) is 95.9 Å². The fourth-order valence-electron chi connectivity index (χ4n) is 12.6. The van der Waals surface area contributed by atoms with E-state index >= 15 is 0 Å². The molecule has 6 heteroatoms. The average Bonchev–Trinajstić information content (AvgIpc) is 3.69. The fraction of sp³-hybridized carbons (Fsp3) is 0.857. The Kier molecular flexibility index (Phi) is 76.9. The summed E-state index contributed by atoms with van der Waals surface area (Å²) in [6.07, 6.45) is 106. The van der Waals surface area contributed by atoms with E-state index in [-0.39, 0.29) is 18.5 Å². The molecule has 528 valence electrons. The van der Waals surface area contributed by atoms with Crippen LogP contribution >= 0.6 is 0 Å². The number of carbonyl (C=O) groups is 2. The van der Waals surface area contributed by atoms with E-state index in [4.69, 9.17) is 4.74 Å². The van der Waals surface area contributed by atoms with E-state index in [1.165, 1.54) is 353 Å². The van der Waals surface area contributed by atoms with Gasteiger partial charge in [0.15, 0.2) is 0 Å². The molecule has 0 aromatic heterocycles. The first kappa shape index (κ1) is 87.6. The highest BCUT2D eigenvalue weighted by Crippen LogP contribution is 2.19. The summed E-state index contributed by atoms with van der Waals surface area (Å²) in [6, 6.07) is -0.627. The Labute approximate surface area is 562 Å². The third-order valence-electron chi connectivity index (χ3n) is 18.8. The normalized spacial score (nSPS) is 12.8. The molecule has 2 atom stereocenters. The van der Waals surface area contributed by atoms with Crippen molar-refractivity contribution < 1.29 is 24.5 Å². The van der Waals surface area contributed by atoms with Gasteiger partial charge in [-0.3, -0.25) is 9.59 Å². The van der Waals surface area contributed by atoms with Gasteiger partial charge >= 0.3 is 5.97 Å². The van der Waals surface area contributed by atoms with Crippen molar-refractivity contribution in [3.8, 4) is 0 Å². The monoisotopic (exact) mass is 1260 g/mol. The van der Waals surface area contributed by atoms with E-state index in [9.17, 15) is 19.8 Å². The van der Waals surface area contributed by atoms with Crippen LogP contribution in [0.25, 0.3) is 0 Å². The largest absolute Gasteiger partial charge is 0.466 e. The van der Waals surface area contributed by atoms with Crippen LogP contribution in [-0.4, -0.2) is 47.4 Å². The van der Waals surface area contributed by atoms with Gasteiger partial charge in [0.05, 0.1) is 25.4 Å². The Morgan fingerprint density at radius 3 is 0.856 bits per heavy atom. The molecule has 0 aliphatic carbocycles. The summed E-state index contributed by atoms with van der Waals surface area (Å²) < 4.78 is 5.51. The van der Waals surface area contributed by atoms with Crippen LogP contribution < -0.4 is 5.32 Å². The Morgan fingerprint density at radius 2 is 0.556 bits per heavy atom. The zero-order chi connectivity index (χ0) is 64.9. The predicted octanol–water partition coefficient (Wildman–Crippen LogP) is 26.9. The fourth-order valence-corrected chi connectivity index (χ4v) is 12.6. The number of unbranched alkanes of at least 4 members (excludes halogenated alkanes) is 57. The minimum atomic E-state index is -0.844. The van der Waals surface area contributed by atoms with Crippen LogP contribution in [0.15, 0.2) is 60.8 Å². The lowest BCUT2D eigenvalue weighted by Gasteiger charge is -2.20. The van der Waals surface area contributed by atoms with Crippen molar-refractivity contribution in [3.05, 3.63) is 60.8 Å². The number of amides is 1. The molecule has 0 fully saturated rings. The third-order valence-corrected chi connectivity index (χ3v) is 18.8. The van der Waals surface area contributed by atoms with E-state index in [1.807, 2.05) is 6.08 Å². The Hall–Kier alpha value is -2.44. The summed E-state index contributed by atoms with van der Waals surface area (Å²) in [5, 5.41) is 23.2. The maximum absolute atomic E-state index is 12.5. The van der Waals surface area contributed by atoms with Crippen molar-refractivity contribution in [2.45, 2.75) is 450 Å². The molecular weight excluding hydrogens is 1100 g/mol. The number of aliphatic hydroxyl groups is 2. The smallest absolute Gasteiger partial charge is 0.305 e. The van der Waals surface area contributed by atoms with Crippen molar-refractivity contribution in [1.29, 1.82) is 0 Å².